The minimum atomic E-state index is -0.381. The van der Waals surface area contributed by atoms with Crippen LogP contribution in [0, 0.1) is 0 Å². The summed E-state index contributed by atoms with van der Waals surface area (Å²) in [5.74, 6) is 0.942. The first-order valence-corrected chi connectivity index (χ1v) is 4.43. The normalized spacial score (nSPS) is 26.3. The number of para-hydroxylation sites is 1. The first-order chi connectivity index (χ1) is 6.23. The Balaban J connectivity index is 2.29. The molecule has 0 saturated heterocycles. The Morgan fingerprint density at radius 1 is 1.38 bits per heavy atom. The van der Waals surface area contributed by atoms with Crippen molar-refractivity contribution in [2.75, 3.05) is 13.2 Å². The van der Waals surface area contributed by atoms with Crippen LogP contribution in [0.25, 0.3) is 0 Å². The predicted octanol–water partition coefficient (Wildman–Crippen LogP) is 0.278. The fourth-order valence-electron chi connectivity index (χ4n) is 1.57. The summed E-state index contributed by atoms with van der Waals surface area (Å²) < 4.78 is 5.52. The monoisotopic (exact) mass is 178 g/mol. The molecule has 1 heterocycles. The smallest absolute Gasteiger partial charge is 0.122 e. The average Bonchev–Trinajstić information content (AvgIpc) is 2.18. The summed E-state index contributed by atoms with van der Waals surface area (Å²) in [6.07, 6.45) is 0.805. The van der Waals surface area contributed by atoms with E-state index in [4.69, 9.17) is 16.2 Å². The van der Waals surface area contributed by atoms with Crippen LogP contribution in [0.4, 0.5) is 0 Å². The molecule has 0 aromatic heterocycles. The van der Waals surface area contributed by atoms with Gasteiger partial charge < -0.3 is 16.2 Å². The second-order valence-electron chi connectivity index (χ2n) is 3.64. The first-order valence-electron chi connectivity index (χ1n) is 4.43. The molecule has 0 amide bonds. The molecule has 1 atom stereocenters. The van der Waals surface area contributed by atoms with Crippen molar-refractivity contribution in [3.63, 3.8) is 0 Å². The third-order valence-corrected chi connectivity index (χ3v) is 2.44. The molecule has 0 spiro atoms. The maximum absolute atomic E-state index is 6.02. The Hall–Kier alpha value is -1.06. The van der Waals surface area contributed by atoms with Gasteiger partial charge >= 0.3 is 0 Å². The van der Waals surface area contributed by atoms with Gasteiger partial charge in [0.2, 0.25) is 0 Å². The van der Waals surface area contributed by atoms with Crippen LogP contribution in [0.1, 0.15) is 5.56 Å². The maximum atomic E-state index is 6.02. The highest BCUT2D eigenvalue weighted by Crippen LogP contribution is 2.27. The zero-order chi connectivity index (χ0) is 9.31. The molecule has 13 heavy (non-hydrogen) atoms. The Morgan fingerprint density at radius 2 is 2.15 bits per heavy atom. The van der Waals surface area contributed by atoms with E-state index in [0.29, 0.717) is 13.2 Å². The van der Waals surface area contributed by atoms with E-state index >= 15 is 0 Å². The van der Waals surface area contributed by atoms with E-state index in [0.717, 1.165) is 17.7 Å². The highest BCUT2D eigenvalue weighted by atomic mass is 16.5. The molecular weight excluding hydrogens is 164 g/mol. The van der Waals surface area contributed by atoms with Crippen LogP contribution in [-0.4, -0.2) is 18.7 Å². The van der Waals surface area contributed by atoms with Crippen molar-refractivity contribution in [3.05, 3.63) is 29.8 Å². The van der Waals surface area contributed by atoms with Gasteiger partial charge in [-0.15, -0.1) is 0 Å². The van der Waals surface area contributed by atoms with E-state index in [1.165, 1.54) is 0 Å². The van der Waals surface area contributed by atoms with E-state index in [-0.39, 0.29) is 5.54 Å². The van der Waals surface area contributed by atoms with Crippen molar-refractivity contribution >= 4 is 0 Å². The molecule has 3 nitrogen and oxygen atoms in total. The summed E-state index contributed by atoms with van der Waals surface area (Å²) in [7, 11) is 0. The second kappa shape index (κ2) is 3.01. The van der Waals surface area contributed by atoms with Crippen LogP contribution in [0.15, 0.2) is 24.3 Å². The fourth-order valence-corrected chi connectivity index (χ4v) is 1.57. The molecule has 0 fully saturated rings. The number of fused-ring (bicyclic) bond motifs is 1. The molecule has 0 aliphatic carbocycles. The topological polar surface area (TPSA) is 61.3 Å². The van der Waals surface area contributed by atoms with Crippen LogP contribution in [0.2, 0.25) is 0 Å². The molecule has 2 rings (SSSR count). The van der Waals surface area contributed by atoms with Gasteiger partial charge in [0.05, 0.1) is 5.54 Å². The summed E-state index contributed by atoms with van der Waals surface area (Å²) in [5.41, 5.74) is 12.4. The van der Waals surface area contributed by atoms with Gasteiger partial charge in [-0.05, 0) is 18.1 Å². The summed E-state index contributed by atoms with van der Waals surface area (Å²) in [6.45, 7) is 0.974. The number of rotatable bonds is 1. The molecule has 0 bridgehead atoms. The van der Waals surface area contributed by atoms with Crippen LogP contribution >= 0.6 is 0 Å². The molecule has 1 aliphatic rings. The molecule has 1 aromatic carbocycles. The zero-order valence-electron chi connectivity index (χ0n) is 7.49. The van der Waals surface area contributed by atoms with E-state index in [9.17, 15) is 0 Å². The van der Waals surface area contributed by atoms with Gasteiger partial charge in [0.15, 0.2) is 0 Å². The Labute approximate surface area is 77.7 Å². The number of hydrogen-bond donors (Lipinski definition) is 2. The van der Waals surface area contributed by atoms with E-state index < -0.39 is 0 Å². The molecule has 4 N–H and O–H groups in total. The number of nitrogens with two attached hydrogens (primary N) is 2. The lowest BCUT2D eigenvalue weighted by Crippen LogP contribution is -2.55. The third kappa shape index (κ3) is 1.53. The standard InChI is InChI=1S/C10H14N2O/c11-6-10(12)5-8-3-1-2-4-9(8)13-7-10/h1-4H,5-7,11-12H2. The Morgan fingerprint density at radius 3 is 2.92 bits per heavy atom. The van der Waals surface area contributed by atoms with Crippen molar-refractivity contribution in [1.29, 1.82) is 0 Å². The average molecular weight is 178 g/mol. The number of hydrogen-bond acceptors (Lipinski definition) is 3. The molecule has 1 unspecified atom stereocenters. The summed E-state index contributed by atoms with van der Waals surface area (Å²) in [4.78, 5) is 0. The molecule has 1 aliphatic heterocycles. The van der Waals surface area contributed by atoms with Crippen LogP contribution in [-0.2, 0) is 6.42 Å². The van der Waals surface area contributed by atoms with Crippen molar-refractivity contribution in [2.45, 2.75) is 12.0 Å². The SMILES string of the molecule is NCC1(N)COc2ccccc2C1. The minimum Gasteiger partial charge on any atom is -0.491 e. The maximum Gasteiger partial charge on any atom is 0.122 e. The molecule has 3 heteroatoms. The zero-order valence-corrected chi connectivity index (χ0v) is 7.49. The first kappa shape index (κ1) is 8.53. The highest BCUT2D eigenvalue weighted by Gasteiger charge is 2.30. The van der Waals surface area contributed by atoms with Crippen LogP contribution in [0.5, 0.6) is 5.75 Å². The van der Waals surface area contributed by atoms with E-state index in [1.807, 2.05) is 24.3 Å². The minimum absolute atomic E-state index is 0.381. The van der Waals surface area contributed by atoms with Gasteiger partial charge in [0.1, 0.15) is 12.4 Å². The second-order valence-corrected chi connectivity index (χ2v) is 3.64. The Bertz CT molecular complexity index is 314. The molecular formula is C10H14N2O. The largest absolute Gasteiger partial charge is 0.491 e. The van der Waals surface area contributed by atoms with Gasteiger partial charge in [-0.3, -0.25) is 0 Å². The summed E-state index contributed by atoms with van der Waals surface area (Å²) in [5, 5.41) is 0. The molecule has 1 aromatic rings. The molecule has 0 saturated carbocycles. The van der Waals surface area contributed by atoms with Crippen LogP contribution < -0.4 is 16.2 Å². The predicted molar refractivity (Wildman–Crippen MR) is 51.6 cm³/mol. The van der Waals surface area contributed by atoms with Crippen molar-refractivity contribution in [2.24, 2.45) is 11.5 Å². The van der Waals surface area contributed by atoms with Crippen molar-refractivity contribution < 1.29 is 4.74 Å². The number of ether oxygens (including phenoxy) is 1. The van der Waals surface area contributed by atoms with E-state index in [1.54, 1.807) is 0 Å². The van der Waals surface area contributed by atoms with Gasteiger partial charge in [-0.1, -0.05) is 18.2 Å². The van der Waals surface area contributed by atoms with Crippen molar-refractivity contribution in [3.8, 4) is 5.75 Å². The van der Waals surface area contributed by atoms with Gasteiger partial charge in [0.25, 0.3) is 0 Å². The lowest BCUT2D eigenvalue weighted by Gasteiger charge is -2.33. The van der Waals surface area contributed by atoms with E-state index in [2.05, 4.69) is 0 Å². The highest BCUT2D eigenvalue weighted by molar-refractivity contribution is 5.36. The lowest BCUT2D eigenvalue weighted by molar-refractivity contribution is 0.195. The Kier molecular flexibility index (Phi) is 1.98. The number of benzene rings is 1. The van der Waals surface area contributed by atoms with Gasteiger partial charge in [-0.25, -0.2) is 0 Å². The summed E-state index contributed by atoms with van der Waals surface area (Å²) in [6, 6.07) is 7.95. The lowest BCUT2D eigenvalue weighted by atomic mass is 9.90. The fraction of sp³-hybridized carbons (Fsp3) is 0.400. The van der Waals surface area contributed by atoms with Crippen molar-refractivity contribution in [1.82, 2.24) is 0 Å². The summed E-state index contributed by atoms with van der Waals surface area (Å²) >= 11 is 0. The quantitative estimate of drug-likeness (QED) is 0.649. The molecule has 0 radical (unpaired) electrons. The third-order valence-electron chi connectivity index (χ3n) is 2.44. The van der Waals surface area contributed by atoms with Gasteiger partial charge in [0, 0.05) is 6.54 Å². The van der Waals surface area contributed by atoms with Gasteiger partial charge in [-0.2, -0.15) is 0 Å². The molecule has 70 valence electrons. The van der Waals surface area contributed by atoms with Crippen LogP contribution in [0.3, 0.4) is 0 Å².